The number of rotatable bonds is 4. The summed E-state index contributed by atoms with van der Waals surface area (Å²) >= 11 is 0. The Kier molecular flexibility index (Phi) is 5.04. The van der Waals surface area contributed by atoms with Gasteiger partial charge in [-0.15, -0.1) is 0 Å². The summed E-state index contributed by atoms with van der Waals surface area (Å²) < 4.78 is 17.1. The quantitative estimate of drug-likeness (QED) is 0.390. The van der Waals surface area contributed by atoms with Crippen LogP contribution in [0.1, 0.15) is 72.8 Å². The van der Waals surface area contributed by atoms with E-state index in [9.17, 15) is 9.59 Å². The number of hydrogen-bond acceptors (Lipinski definition) is 5. The Balaban J connectivity index is 1.72. The number of epoxide rings is 1. The summed E-state index contributed by atoms with van der Waals surface area (Å²) in [6.07, 6.45) is 5.79. The summed E-state index contributed by atoms with van der Waals surface area (Å²) in [4.78, 5) is 23.2. The lowest BCUT2D eigenvalue weighted by atomic mass is 9.44. The highest BCUT2D eigenvalue weighted by Crippen LogP contribution is 2.70. The first-order chi connectivity index (χ1) is 14.0. The van der Waals surface area contributed by atoms with Crippen molar-refractivity contribution in [1.29, 1.82) is 0 Å². The molecule has 0 unspecified atom stereocenters. The molecule has 1 aromatic carbocycles. The second-order valence-electron chi connectivity index (χ2n) is 10.3. The summed E-state index contributed by atoms with van der Waals surface area (Å²) in [7, 11) is 0. The second kappa shape index (κ2) is 7.08. The molecule has 0 radical (unpaired) electrons. The molecule has 1 heterocycles. The average Bonchev–Trinajstić information content (AvgIpc) is 3.33. The molecule has 164 valence electrons. The van der Waals surface area contributed by atoms with Gasteiger partial charge in [0, 0.05) is 19.3 Å². The Morgan fingerprint density at radius 3 is 2.43 bits per heavy atom. The van der Waals surface area contributed by atoms with Gasteiger partial charge >= 0.3 is 11.9 Å². The molecular formula is C25H34O5. The third-order valence-electron chi connectivity index (χ3n) is 8.70. The molecule has 5 nitrogen and oxygen atoms in total. The minimum absolute atomic E-state index is 0.0182. The van der Waals surface area contributed by atoms with E-state index < -0.39 is 0 Å². The summed E-state index contributed by atoms with van der Waals surface area (Å²) in [6, 6.07) is 5.29. The van der Waals surface area contributed by atoms with Gasteiger partial charge in [0.1, 0.15) is 11.5 Å². The minimum Gasteiger partial charge on any atom is -0.427 e. The van der Waals surface area contributed by atoms with E-state index in [0.29, 0.717) is 29.4 Å². The van der Waals surface area contributed by atoms with Crippen LogP contribution in [0.3, 0.4) is 0 Å². The molecule has 0 amide bonds. The van der Waals surface area contributed by atoms with Crippen molar-refractivity contribution in [3.63, 3.8) is 0 Å². The Labute approximate surface area is 179 Å². The first-order valence-corrected chi connectivity index (χ1v) is 11.2. The van der Waals surface area contributed by atoms with Gasteiger partial charge in [-0.05, 0) is 80.0 Å². The maximum absolute atomic E-state index is 11.7. The third-order valence-corrected chi connectivity index (χ3v) is 8.70. The molecule has 4 rings (SSSR count). The smallest absolute Gasteiger partial charge is 0.308 e. The minimum atomic E-state index is -0.358. The zero-order chi connectivity index (χ0) is 21.9. The number of carbonyl (C=O) groups is 2. The van der Waals surface area contributed by atoms with Gasteiger partial charge in [-0.3, -0.25) is 9.59 Å². The number of esters is 2. The highest BCUT2D eigenvalue weighted by Gasteiger charge is 2.71. The van der Waals surface area contributed by atoms with Gasteiger partial charge in [0.25, 0.3) is 0 Å². The van der Waals surface area contributed by atoms with Crippen molar-refractivity contribution in [2.45, 2.75) is 85.4 Å². The van der Waals surface area contributed by atoms with Crippen LogP contribution in [-0.4, -0.2) is 23.6 Å². The van der Waals surface area contributed by atoms with Crippen LogP contribution in [0, 0.1) is 22.7 Å². The number of hydrogen-bond donors (Lipinski definition) is 0. The van der Waals surface area contributed by atoms with E-state index in [2.05, 4.69) is 27.7 Å². The molecule has 1 aliphatic heterocycles. The monoisotopic (exact) mass is 414 g/mol. The van der Waals surface area contributed by atoms with E-state index in [-0.39, 0.29) is 28.4 Å². The predicted octanol–water partition coefficient (Wildman–Crippen LogP) is 5.09. The van der Waals surface area contributed by atoms with Crippen molar-refractivity contribution in [3.8, 4) is 11.5 Å². The molecule has 2 aliphatic carbocycles. The standard InChI is InChI=1S/C25H34O5/c1-15-11-12-24(5)21(9-10-22-25(24,6)30-22)23(15,4)14-18-13-19(28-16(2)26)7-8-20(18)29-17(3)27/h7-8,13,15,21-22H,9-12,14H2,1-6H3/t15-,21-,22+,23-,24-,25+/m1/s1. The largest absolute Gasteiger partial charge is 0.427 e. The zero-order valence-corrected chi connectivity index (χ0v) is 19.0. The van der Waals surface area contributed by atoms with E-state index in [1.165, 1.54) is 20.3 Å². The summed E-state index contributed by atoms with van der Waals surface area (Å²) in [5.74, 6) is 1.38. The van der Waals surface area contributed by atoms with Crippen molar-refractivity contribution in [2.75, 3.05) is 0 Å². The van der Waals surface area contributed by atoms with Crippen molar-refractivity contribution < 1.29 is 23.8 Å². The predicted molar refractivity (Wildman–Crippen MR) is 113 cm³/mol. The molecule has 3 aliphatic rings. The van der Waals surface area contributed by atoms with Crippen LogP contribution in [-0.2, 0) is 20.7 Å². The van der Waals surface area contributed by atoms with Gasteiger partial charge in [-0.25, -0.2) is 0 Å². The van der Waals surface area contributed by atoms with Gasteiger partial charge in [0.2, 0.25) is 0 Å². The molecule has 6 atom stereocenters. The van der Waals surface area contributed by atoms with Crippen LogP contribution in [0.4, 0.5) is 0 Å². The molecule has 1 aromatic rings. The Hall–Kier alpha value is -1.88. The second-order valence-corrected chi connectivity index (χ2v) is 10.3. The first-order valence-electron chi connectivity index (χ1n) is 11.2. The molecule has 0 N–H and O–H groups in total. The molecule has 5 heteroatoms. The van der Waals surface area contributed by atoms with E-state index in [1.54, 1.807) is 12.1 Å². The van der Waals surface area contributed by atoms with Crippen LogP contribution < -0.4 is 9.47 Å². The maximum atomic E-state index is 11.7. The van der Waals surface area contributed by atoms with Crippen molar-refractivity contribution in [1.82, 2.24) is 0 Å². The van der Waals surface area contributed by atoms with Gasteiger partial charge in [-0.1, -0.05) is 20.8 Å². The lowest BCUT2D eigenvalue weighted by molar-refractivity contribution is -0.133. The van der Waals surface area contributed by atoms with Crippen LogP contribution in [0.15, 0.2) is 18.2 Å². The van der Waals surface area contributed by atoms with Crippen LogP contribution in [0.5, 0.6) is 11.5 Å². The van der Waals surface area contributed by atoms with E-state index in [1.807, 2.05) is 6.07 Å². The van der Waals surface area contributed by atoms with Crippen LogP contribution in [0.2, 0.25) is 0 Å². The lowest BCUT2D eigenvalue weighted by Crippen LogP contribution is -2.56. The number of ether oxygens (including phenoxy) is 3. The first kappa shape index (κ1) is 21.4. The maximum Gasteiger partial charge on any atom is 0.308 e. The highest BCUT2D eigenvalue weighted by atomic mass is 16.6. The molecule has 1 saturated heterocycles. The molecule has 30 heavy (non-hydrogen) atoms. The van der Waals surface area contributed by atoms with E-state index in [4.69, 9.17) is 14.2 Å². The Morgan fingerprint density at radius 1 is 1.07 bits per heavy atom. The third kappa shape index (κ3) is 3.26. The van der Waals surface area contributed by atoms with Gasteiger partial charge in [0.05, 0.1) is 11.7 Å². The SMILES string of the molecule is CC(=O)Oc1ccc(OC(C)=O)c(C[C@]2(C)[C@H](C)CC[C@]3(C)[C@@H]2CC[C@@H]2O[C@@]23C)c1. The molecule has 0 bridgehead atoms. The molecule has 0 aromatic heterocycles. The zero-order valence-electron chi connectivity index (χ0n) is 19.0. The fourth-order valence-electron chi connectivity index (χ4n) is 6.64. The fourth-order valence-corrected chi connectivity index (χ4v) is 6.64. The Bertz CT molecular complexity index is 878. The number of fused-ring (bicyclic) bond motifs is 3. The van der Waals surface area contributed by atoms with Crippen molar-refractivity contribution in [2.24, 2.45) is 22.7 Å². The van der Waals surface area contributed by atoms with Crippen molar-refractivity contribution in [3.05, 3.63) is 23.8 Å². The van der Waals surface area contributed by atoms with Gasteiger partial charge in [-0.2, -0.15) is 0 Å². The van der Waals surface area contributed by atoms with Gasteiger partial charge in [0.15, 0.2) is 0 Å². The van der Waals surface area contributed by atoms with E-state index in [0.717, 1.165) is 31.2 Å². The summed E-state index contributed by atoms with van der Waals surface area (Å²) in [5, 5.41) is 0. The van der Waals surface area contributed by atoms with Crippen molar-refractivity contribution >= 4 is 11.9 Å². The summed E-state index contributed by atoms with van der Waals surface area (Å²) in [5.41, 5.74) is 1.07. The number of benzene rings is 1. The van der Waals surface area contributed by atoms with E-state index >= 15 is 0 Å². The van der Waals surface area contributed by atoms with Gasteiger partial charge < -0.3 is 14.2 Å². The Morgan fingerprint density at radius 2 is 1.77 bits per heavy atom. The topological polar surface area (TPSA) is 65.1 Å². The molecule has 3 fully saturated rings. The average molecular weight is 415 g/mol. The fraction of sp³-hybridized carbons (Fsp3) is 0.680. The highest BCUT2D eigenvalue weighted by molar-refractivity contribution is 5.71. The lowest BCUT2D eigenvalue weighted by Gasteiger charge is -2.59. The number of carbonyl (C=O) groups excluding carboxylic acids is 2. The molecular weight excluding hydrogens is 380 g/mol. The van der Waals surface area contributed by atoms with Crippen LogP contribution >= 0.6 is 0 Å². The summed E-state index contributed by atoms with van der Waals surface area (Å²) in [6.45, 7) is 12.3. The normalized spacial score (nSPS) is 39.5. The molecule has 2 saturated carbocycles. The van der Waals surface area contributed by atoms with Crippen LogP contribution in [0.25, 0.3) is 0 Å². The molecule has 0 spiro atoms.